The lowest BCUT2D eigenvalue weighted by Crippen LogP contribution is -2.30. The number of esters is 1. The minimum Gasteiger partial charge on any atom is -0.452 e. The Labute approximate surface area is 189 Å². The molecule has 3 rings (SSSR count). The van der Waals surface area contributed by atoms with Crippen LogP contribution in [-0.4, -0.2) is 48.4 Å². The summed E-state index contributed by atoms with van der Waals surface area (Å²) in [7, 11) is 0. The fraction of sp³-hybridized carbons (Fsp3) is 0.400. The molecule has 0 unspecified atom stereocenters. The van der Waals surface area contributed by atoms with Crippen molar-refractivity contribution in [1.29, 1.82) is 0 Å². The van der Waals surface area contributed by atoms with Gasteiger partial charge in [-0.25, -0.2) is 4.79 Å². The zero-order chi connectivity index (χ0) is 23.1. The lowest BCUT2D eigenvalue weighted by atomic mass is 10.1. The van der Waals surface area contributed by atoms with Crippen LogP contribution in [0.25, 0.3) is 0 Å². The smallest absolute Gasteiger partial charge is 0.338 e. The number of benzene rings is 2. The third-order valence-electron chi connectivity index (χ3n) is 5.52. The summed E-state index contributed by atoms with van der Waals surface area (Å²) < 4.78 is 5.14. The first-order valence-electron chi connectivity index (χ1n) is 11.1. The molecule has 170 valence electrons. The van der Waals surface area contributed by atoms with E-state index in [0.717, 1.165) is 30.8 Å². The van der Waals surface area contributed by atoms with E-state index in [9.17, 15) is 14.4 Å². The summed E-state index contributed by atoms with van der Waals surface area (Å²) in [5, 5.41) is 2.74. The SMILES string of the molecule is CCN(c1ccc(NC(=O)COC(=O)c2ccc(CN3CCCC3=O)cc2)cc1)C(C)C. The Kier molecular flexibility index (Phi) is 7.87. The van der Waals surface area contributed by atoms with E-state index in [1.165, 1.54) is 0 Å². The van der Waals surface area contributed by atoms with Crippen molar-refractivity contribution in [2.75, 3.05) is 29.9 Å². The van der Waals surface area contributed by atoms with E-state index in [1.807, 2.05) is 29.2 Å². The molecule has 2 aromatic rings. The standard InChI is InChI=1S/C25H31N3O4/c1-4-28(18(2)3)22-13-11-21(12-14-22)26-23(29)17-32-25(31)20-9-7-19(8-10-20)16-27-15-5-6-24(27)30/h7-14,18H,4-6,15-17H2,1-3H3,(H,26,29). The first-order valence-corrected chi connectivity index (χ1v) is 11.1. The van der Waals surface area contributed by atoms with Gasteiger partial charge in [-0.1, -0.05) is 12.1 Å². The summed E-state index contributed by atoms with van der Waals surface area (Å²) in [5.41, 5.74) is 3.06. The molecule has 1 N–H and O–H groups in total. The molecule has 1 aliphatic rings. The Morgan fingerprint density at radius 2 is 1.78 bits per heavy atom. The Balaban J connectivity index is 1.47. The molecule has 32 heavy (non-hydrogen) atoms. The van der Waals surface area contributed by atoms with Gasteiger partial charge in [-0.2, -0.15) is 0 Å². The fourth-order valence-corrected chi connectivity index (χ4v) is 3.83. The van der Waals surface area contributed by atoms with Crippen molar-refractivity contribution in [3.8, 4) is 0 Å². The molecule has 2 aromatic carbocycles. The maximum absolute atomic E-state index is 12.3. The zero-order valence-corrected chi connectivity index (χ0v) is 19.0. The Morgan fingerprint density at radius 1 is 1.09 bits per heavy atom. The van der Waals surface area contributed by atoms with Crippen LogP contribution in [0.15, 0.2) is 48.5 Å². The molecule has 0 saturated carbocycles. The number of anilines is 2. The van der Waals surface area contributed by atoms with E-state index in [0.29, 0.717) is 30.3 Å². The minimum atomic E-state index is -0.560. The van der Waals surface area contributed by atoms with Gasteiger partial charge in [0.2, 0.25) is 5.91 Å². The molecule has 0 radical (unpaired) electrons. The Morgan fingerprint density at radius 3 is 2.34 bits per heavy atom. The molecule has 1 fully saturated rings. The van der Waals surface area contributed by atoms with Gasteiger partial charge >= 0.3 is 5.97 Å². The molecule has 0 aliphatic carbocycles. The van der Waals surface area contributed by atoms with E-state index >= 15 is 0 Å². The molecule has 0 atom stereocenters. The number of carbonyl (C=O) groups is 3. The topological polar surface area (TPSA) is 79.0 Å². The van der Waals surface area contributed by atoms with Crippen molar-refractivity contribution in [3.05, 3.63) is 59.7 Å². The van der Waals surface area contributed by atoms with Crippen LogP contribution in [0.1, 0.15) is 49.5 Å². The number of likely N-dealkylation sites (tertiary alicyclic amines) is 1. The summed E-state index contributed by atoms with van der Waals surface area (Å²) in [4.78, 5) is 40.2. The number of amides is 2. The predicted octanol–water partition coefficient (Wildman–Crippen LogP) is 3.84. The van der Waals surface area contributed by atoms with Crippen LogP contribution in [0.3, 0.4) is 0 Å². The van der Waals surface area contributed by atoms with Crippen LogP contribution in [0, 0.1) is 0 Å². The second-order valence-electron chi connectivity index (χ2n) is 8.17. The third kappa shape index (κ3) is 6.09. The molecule has 1 saturated heterocycles. The molecule has 2 amide bonds. The zero-order valence-electron chi connectivity index (χ0n) is 19.0. The quantitative estimate of drug-likeness (QED) is 0.603. The third-order valence-corrected chi connectivity index (χ3v) is 5.52. The predicted molar refractivity (Wildman–Crippen MR) is 125 cm³/mol. The van der Waals surface area contributed by atoms with Gasteiger partial charge in [-0.15, -0.1) is 0 Å². The number of carbonyl (C=O) groups excluding carboxylic acids is 3. The van der Waals surface area contributed by atoms with Crippen LogP contribution in [-0.2, 0) is 20.9 Å². The lowest BCUT2D eigenvalue weighted by Gasteiger charge is -2.27. The average molecular weight is 438 g/mol. The molecule has 0 aromatic heterocycles. The molecule has 7 nitrogen and oxygen atoms in total. The highest BCUT2D eigenvalue weighted by Gasteiger charge is 2.20. The van der Waals surface area contributed by atoms with E-state index < -0.39 is 11.9 Å². The van der Waals surface area contributed by atoms with Crippen LogP contribution in [0.5, 0.6) is 0 Å². The van der Waals surface area contributed by atoms with Gasteiger partial charge in [0.05, 0.1) is 5.56 Å². The Hall–Kier alpha value is -3.35. The van der Waals surface area contributed by atoms with Crippen LogP contribution < -0.4 is 10.2 Å². The monoisotopic (exact) mass is 437 g/mol. The highest BCUT2D eigenvalue weighted by molar-refractivity contribution is 5.95. The number of hydrogen-bond donors (Lipinski definition) is 1. The first kappa shape index (κ1) is 23.3. The van der Waals surface area contributed by atoms with Crippen LogP contribution in [0.2, 0.25) is 0 Å². The van der Waals surface area contributed by atoms with Crippen molar-refractivity contribution in [2.45, 2.75) is 46.2 Å². The minimum absolute atomic E-state index is 0.164. The van der Waals surface area contributed by atoms with Crippen LogP contribution in [0.4, 0.5) is 11.4 Å². The van der Waals surface area contributed by atoms with Gasteiger partial charge in [0.15, 0.2) is 6.61 Å². The summed E-state index contributed by atoms with van der Waals surface area (Å²) in [5.74, 6) is -0.793. The first-order chi connectivity index (χ1) is 15.4. The average Bonchev–Trinajstić information content (AvgIpc) is 3.18. The van der Waals surface area contributed by atoms with Crippen molar-refractivity contribution < 1.29 is 19.1 Å². The maximum Gasteiger partial charge on any atom is 0.338 e. The van der Waals surface area contributed by atoms with E-state index in [4.69, 9.17) is 4.74 Å². The summed E-state index contributed by atoms with van der Waals surface area (Å²) in [6.07, 6.45) is 1.50. The van der Waals surface area contributed by atoms with Gasteiger partial charge in [-0.3, -0.25) is 9.59 Å². The Bertz CT molecular complexity index is 939. The number of rotatable bonds is 9. The van der Waals surface area contributed by atoms with Gasteiger partial charge in [-0.05, 0) is 69.2 Å². The normalized spacial score (nSPS) is 13.4. The molecule has 1 heterocycles. The lowest BCUT2D eigenvalue weighted by molar-refractivity contribution is -0.128. The number of hydrogen-bond acceptors (Lipinski definition) is 5. The second kappa shape index (κ2) is 10.8. The van der Waals surface area contributed by atoms with Gasteiger partial charge in [0.1, 0.15) is 0 Å². The largest absolute Gasteiger partial charge is 0.452 e. The highest BCUT2D eigenvalue weighted by atomic mass is 16.5. The van der Waals surface area contributed by atoms with Crippen molar-refractivity contribution in [3.63, 3.8) is 0 Å². The fourth-order valence-electron chi connectivity index (χ4n) is 3.83. The van der Waals surface area contributed by atoms with Crippen LogP contribution >= 0.6 is 0 Å². The van der Waals surface area contributed by atoms with Crippen molar-refractivity contribution in [2.24, 2.45) is 0 Å². The van der Waals surface area contributed by atoms with E-state index in [-0.39, 0.29) is 12.5 Å². The molecular formula is C25H31N3O4. The summed E-state index contributed by atoms with van der Waals surface area (Å²) in [6.45, 7) is 8.23. The number of ether oxygens (including phenoxy) is 1. The van der Waals surface area contributed by atoms with E-state index in [2.05, 4.69) is 31.0 Å². The molecular weight excluding hydrogens is 406 g/mol. The van der Waals surface area contributed by atoms with Crippen molar-refractivity contribution >= 4 is 29.2 Å². The highest BCUT2D eigenvalue weighted by Crippen LogP contribution is 2.20. The second-order valence-corrected chi connectivity index (χ2v) is 8.17. The maximum atomic E-state index is 12.3. The van der Waals surface area contributed by atoms with Gasteiger partial charge < -0.3 is 19.9 Å². The number of nitrogens with one attached hydrogen (secondary N) is 1. The van der Waals surface area contributed by atoms with Gasteiger partial charge in [0.25, 0.3) is 5.91 Å². The molecule has 0 bridgehead atoms. The molecule has 1 aliphatic heterocycles. The van der Waals surface area contributed by atoms with Gasteiger partial charge in [0, 0.05) is 43.5 Å². The van der Waals surface area contributed by atoms with Crippen molar-refractivity contribution in [1.82, 2.24) is 4.90 Å². The number of nitrogens with zero attached hydrogens (tertiary/aromatic N) is 2. The molecule has 0 spiro atoms. The summed E-state index contributed by atoms with van der Waals surface area (Å²) in [6, 6.07) is 14.9. The van der Waals surface area contributed by atoms with E-state index in [1.54, 1.807) is 24.3 Å². The summed E-state index contributed by atoms with van der Waals surface area (Å²) >= 11 is 0. The molecule has 7 heteroatoms.